The van der Waals surface area contributed by atoms with Crippen LogP contribution in [0.15, 0.2) is 18.3 Å². The summed E-state index contributed by atoms with van der Waals surface area (Å²) in [5.41, 5.74) is 2.55. The number of carbonyl (C=O) groups excluding carboxylic acids is 1. The van der Waals surface area contributed by atoms with Crippen LogP contribution in [0.3, 0.4) is 0 Å². The van der Waals surface area contributed by atoms with Gasteiger partial charge in [-0.1, -0.05) is 0 Å². The second kappa shape index (κ2) is 6.20. The molecule has 4 N–H and O–H groups in total. The molecule has 1 aromatic heterocycles. The third-order valence-electron chi connectivity index (χ3n) is 2.09. The standard InChI is InChI=1S/C10H13F3N4O/c11-10(12,13)3-1-4-16-9(18)7-2-5-15-8(6-7)17-14/h2,5-6H,1,3-4,14H2,(H,15,17)(H,16,18). The average Bonchev–Trinajstić information content (AvgIpc) is 2.33. The van der Waals surface area contributed by atoms with Crippen molar-refractivity contribution < 1.29 is 18.0 Å². The van der Waals surface area contributed by atoms with Gasteiger partial charge in [0.25, 0.3) is 5.91 Å². The summed E-state index contributed by atoms with van der Waals surface area (Å²) in [6, 6.07) is 2.85. The molecule has 0 aromatic carbocycles. The first-order valence-electron chi connectivity index (χ1n) is 5.20. The van der Waals surface area contributed by atoms with Crippen LogP contribution in [0.4, 0.5) is 19.0 Å². The van der Waals surface area contributed by atoms with Crippen LogP contribution in [0.5, 0.6) is 0 Å². The van der Waals surface area contributed by atoms with Crippen LogP contribution in [0.25, 0.3) is 0 Å². The van der Waals surface area contributed by atoms with Crippen molar-refractivity contribution in [2.45, 2.75) is 19.0 Å². The van der Waals surface area contributed by atoms with Crippen molar-refractivity contribution >= 4 is 11.7 Å². The lowest BCUT2D eigenvalue weighted by molar-refractivity contribution is -0.135. The lowest BCUT2D eigenvalue weighted by Crippen LogP contribution is -2.25. The molecule has 0 aliphatic heterocycles. The molecular weight excluding hydrogens is 249 g/mol. The summed E-state index contributed by atoms with van der Waals surface area (Å²) in [6.45, 7) is -0.0357. The molecule has 0 radical (unpaired) electrons. The van der Waals surface area contributed by atoms with Crippen LogP contribution in [-0.2, 0) is 0 Å². The third kappa shape index (κ3) is 5.00. The first kappa shape index (κ1) is 14.2. The second-order valence-electron chi connectivity index (χ2n) is 3.55. The average molecular weight is 262 g/mol. The van der Waals surface area contributed by atoms with E-state index in [-0.39, 0.29) is 18.5 Å². The van der Waals surface area contributed by atoms with Gasteiger partial charge in [-0.15, -0.1) is 0 Å². The summed E-state index contributed by atoms with van der Waals surface area (Å²) in [7, 11) is 0. The van der Waals surface area contributed by atoms with Crippen molar-refractivity contribution in [1.82, 2.24) is 10.3 Å². The maximum absolute atomic E-state index is 11.9. The number of halogens is 3. The maximum Gasteiger partial charge on any atom is 0.389 e. The molecule has 0 fully saturated rings. The molecule has 0 saturated carbocycles. The normalized spacial score (nSPS) is 11.1. The Morgan fingerprint density at radius 2 is 2.17 bits per heavy atom. The molecule has 100 valence electrons. The van der Waals surface area contributed by atoms with Crippen molar-refractivity contribution in [3.05, 3.63) is 23.9 Å². The Labute approximate surface area is 102 Å². The fraction of sp³-hybridized carbons (Fsp3) is 0.400. The molecule has 0 bridgehead atoms. The minimum atomic E-state index is -4.20. The molecule has 5 nitrogen and oxygen atoms in total. The van der Waals surface area contributed by atoms with Crippen molar-refractivity contribution in [3.63, 3.8) is 0 Å². The predicted octanol–water partition coefficient (Wildman–Crippen LogP) is 1.44. The Morgan fingerprint density at radius 3 is 2.78 bits per heavy atom. The van der Waals surface area contributed by atoms with Gasteiger partial charge in [0.2, 0.25) is 0 Å². The van der Waals surface area contributed by atoms with E-state index in [9.17, 15) is 18.0 Å². The van der Waals surface area contributed by atoms with E-state index in [4.69, 9.17) is 5.84 Å². The molecule has 1 amide bonds. The van der Waals surface area contributed by atoms with Crippen LogP contribution >= 0.6 is 0 Å². The Kier molecular flexibility index (Phi) is 4.90. The van der Waals surface area contributed by atoms with Crippen LogP contribution in [-0.4, -0.2) is 23.6 Å². The number of rotatable bonds is 5. The van der Waals surface area contributed by atoms with E-state index in [0.29, 0.717) is 5.82 Å². The van der Waals surface area contributed by atoms with Gasteiger partial charge < -0.3 is 10.7 Å². The number of hydrazine groups is 1. The van der Waals surface area contributed by atoms with E-state index >= 15 is 0 Å². The largest absolute Gasteiger partial charge is 0.389 e. The number of hydrogen-bond donors (Lipinski definition) is 3. The van der Waals surface area contributed by atoms with E-state index in [1.54, 1.807) is 0 Å². The molecule has 0 saturated heterocycles. The molecule has 0 aliphatic rings. The van der Waals surface area contributed by atoms with Crippen LogP contribution in [0.1, 0.15) is 23.2 Å². The van der Waals surface area contributed by atoms with E-state index in [1.807, 2.05) is 0 Å². The van der Waals surface area contributed by atoms with Gasteiger partial charge in [0.05, 0.1) is 0 Å². The molecule has 0 aliphatic carbocycles. The Balaban J connectivity index is 2.41. The summed E-state index contributed by atoms with van der Waals surface area (Å²) in [4.78, 5) is 15.4. The van der Waals surface area contributed by atoms with Crippen molar-refractivity contribution in [1.29, 1.82) is 0 Å². The van der Waals surface area contributed by atoms with Crippen LogP contribution in [0, 0.1) is 0 Å². The number of anilines is 1. The highest BCUT2D eigenvalue weighted by Crippen LogP contribution is 2.20. The molecule has 1 rings (SSSR count). The van der Waals surface area contributed by atoms with E-state index in [0.717, 1.165) is 0 Å². The Bertz CT molecular complexity index is 408. The zero-order valence-electron chi connectivity index (χ0n) is 9.42. The Hall–Kier alpha value is -1.83. The molecule has 0 atom stereocenters. The number of amides is 1. The van der Waals surface area contributed by atoms with Gasteiger partial charge in [0.1, 0.15) is 5.82 Å². The number of hydrogen-bond acceptors (Lipinski definition) is 4. The fourth-order valence-electron chi connectivity index (χ4n) is 1.24. The van der Waals surface area contributed by atoms with Gasteiger partial charge in [0.15, 0.2) is 0 Å². The quantitative estimate of drug-likeness (QED) is 0.426. The van der Waals surface area contributed by atoms with E-state index in [2.05, 4.69) is 15.7 Å². The summed E-state index contributed by atoms with van der Waals surface area (Å²) in [6.07, 6.45) is -3.89. The molecule has 1 aromatic rings. The Morgan fingerprint density at radius 1 is 1.44 bits per heavy atom. The highest BCUT2D eigenvalue weighted by molar-refractivity contribution is 5.94. The van der Waals surface area contributed by atoms with Gasteiger partial charge in [0, 0.05) is 24.7 Å². The summed E-state index contributed by atoms with van der Waals surface area (Å²) in [5, 5.41) is 2.39. The van der Waals surface area contributed by atoms with Gasteiger partial charge in [-0.2, -0.15) is 13.2 Å². The van der Waals surface area contributed by atoms with Gasteiger partial charge in [-0.05, 0) is 18.6 Å². The highest BCUT2D eigenvalue weighted by atomic mass is 19.4. The number of alkyl halides is 3. The molecular formula is C10H13F3N4O. The van der Waals surface area contributed by atoms with Gasteiger partial charge in [-0.25, -0.2) is 10.8 Å². The van der Waals surface area contributed by atoms with Crippen LogP contribution < -0.4 is 16.6 Å². The topological polar surface area (TPSA) is 80.0 Å². The van der Waals surface area contributed by atoms with Crippen molar-refractivity contribution in [3.8, 4) is 0 Å². The fourth-order valence-corrected chi connectivity index (χ4v) is 1.24. The molecule has 1 heterocycles. The van der Waals surface area contributed by atoms with Crippen molar-refractivity contribution in [2.24, 2.45) is 5.84 Å². The highest BCUT2D eigenvalue weighted by Gasteiger charge is 2.25. The summed E-state index contributed by atoms with van der Waals surface area (Å²) >= 11 is 0. The smallest absolute Gasteiger partial charge is 0.352 e. The van der Waals surface area contributed by atoms with Crippen molar-refractivity contribution in [2.75, 3.05) is 12.0 Å². The molecule has 8 heteroatoms. The number of nitrogens with one attached hydrogen (secondary N) is 2. The molecule has 18 heavy (non-hydrogen) atoms. The summed E-state index contributed by atoms with van der Waals surface area (Å²) < 4.78 is 35.6. The minimum absolute atomic E-state index is 0.0357. The number of aromatic nitrogens is 1. The maximum atomic E-state index is 11.9. The summed E-state index contributed by atoms with van der Waals surface area (Å²) in [5.74, 6) is 4.96. The SMILES string of the molecule is NNc1cc(C(=O)NCCCC(F)(F)F)ccn1. The molecule has 0 unspecified atom stereocenters. The minimum Gasteiger partial charge on any atom is -0.352 e. The number of carbonyl (C=O) groups is 1. The lowest BCUT2D eigenvalue weighted by Gasteiger charge is -2.08. The van der Waals surface area contributed by atoms with Gasteiger partial charge >= 0.3 is 6.18 Å². The number of pyridine rings is 1. The zero-order valence-corrected chi connectivity index (χ0v) is 9.42. The third-order valence-corrected chi connectivity index (χ3v) is 2.09. The number of nitrogens with two attached hydrogens (primary N) is 1. The van der Waals surface area contributed by atoms with E-state index < -0.39 is 18.5 Å². The predicted molar refractivity (Wildman–Crippen MR) is 59.7 cm³/mol. The number of nitrogen functional groups attached to an aromatic ring is 1. The first-order valence-corrected chi connectivity index (χ1v) is 5.20. The molecule has 0 spiro atoms. The first-order chi connectivity index (χ1) is 8.42. The monoisotopic (exact) mass is 262 g/mol. The zero-order chi connectivity index (χ0) is 13.6. The van der Waals surface area contributed by atoms with Crippen LogP contribution in [0.2, 0.25) is 0 Å². The lowest BCUT2D eigenvalue weighted by atomic mass is 10.2. The van der Waals surface area contributed by atoms with Gasteiger partial charge in [-0.3, -0.25) is 4.79 Å². The second-order valence-corrected chi connectivity index (χ2v) is 3.55. The number of nitrogens with zero attached hydrogens (tertiary/aromatic N) is 1. The van der Waals surface area contributed by atoms with E-state index in [1.165, 1.54) is 18.3 Å².